The Balaban J connectivity index is 1.65. The molecule has 3 aromatic carbocycles. The van der Waals surface area contributed by atoms with Gasteiger partial charge in [-0.15, -0.1) is 0 Å². The number of hydrogen-bond acceptors (Lipinski definition) is 3. The normalized spacial score (nSPS) is 10.2. The first-order valence-corrected chi connectivity index (χ1v) is 7.49. The Hall–Kier alpha value is -3.27. The molecule has 0 saturated heterocycles. The van der Waals surface area contributed by atoms with Crippen molar-refractivity contribution in [2.45, 2.75) is 6.61 Å². The number of benzene rings is 3. The molecule has 4 nitrogen and oxygen atoms in total. The second-order valence-corrected chi connectivity index (χ2v) is 5.18. The molecular weight excluding hydrogens is 304 g/mol. The van der Waals surface area contributed by atoms with Gasteiger partial charge >= 0.3 is 5.97 Å². The number of hydrogen-bond donors (Lipinski definition) is 1. The van der Waals surface area contributed by atoms with Crippen molar-refractivity contribution in [1.82, 2.24) is 0 Å². The van der Waals surface area contributed by atoms with E-state index in [1.807, 2.05) is 48.5 Å². The van der Waals surface area contributed by atoms with Crippen molar-refractivity contribution in [3.63, 3.8) is 0 Å². The second-order valence-electron chi connectivity index (χ2n) is 5.18. The maximum atomic E-state index is 10.8. The SMILES string of the molecule is O=C(O)c1ccc(Oc2cccc(OCc3ccccc3)c2)cc1. The number of rotatable bonds is 6. The van der Waals surface area contributed by atoms with Crippen LogP contribution >= 0.6 is 0 Å². The van der Waals surface area contributed by atoms with Gasteiger partial charge in [0.15, 0.2) is 0 Å². The van der Waals surface area contributed by atoms with Gasteiger partial charge in [-0.2, -0.15) is 0 Å². The zero-order chi connectivity index (χ0) is 16.8. The van der Waals surface area contributed by atoms with E-state index in [2.05, 4.69) is 0 Å². The molecule has 1 N–H and O–H groups in total. The van der Waals surface area contributed by atoms with Crippen LogP contribution in [0.3, 0.4) is 0 Å². The molecule has 0 spiro atoms. The van der Waals surface area contributed by atoms with Crippen LogP contribution in [0.4, 0.5) is 0 Å². The quantitative estimate of drug-likeness (QED) is 0.711. The Labute approximate surface area is 139 Å². The summed E-state index contributed by atoms with van der Waals surface area (Å²) in [5, 5.41) is 8.90. The molecule has 0 unspecified atom stereocenters. The molecule has 0 aliphatic rings. The van der Waals surface area contributed by atoms with Gasteiger partial charge in [0.1, 0.15) is 23.9 Å². The largest absolute Gasteiger partial charge is 0.489 e. The van der Waals surface area contributed by atoms with E-state index < -0.39 is 5.97 Å². The Morgan fingerprint density at radius 2 is 1.50 bits per heavy atom. The molecule has 0 aliphatic heterocycles. The average Bonchev–Trinajstić information content (AvgIpc) is 2.62. The first kappa shape index (κ1) is 15.6. The molecule has 120 valence electrons. The lowest BCUT2D eigenvalue weighted by Gasteiger charge is -2.09. The summed E-state index contributed by atoms with van der Waals surface area (Å²) < 4.78 is 11.5. The highest BCUT2D eigenvalue weighted by atomic mass is 16.5. The maximum absolute atomic E-state index is 10.8. The standard InChI is InChI=1S/C20H16O4/c21-20(22)16-9-11-17(12-10-16)24-19-8-4-7-18(13-19)23-14-15-5-2-1-3-6-15/h1-13H,14H2,(H,21,22). The third-order valence-electron chi connectivity index (χ3n) is 3.39. The average molecular weight is 320 g/mol. The van der Waals surface area contributed by atoms with E-state index in [4.69, 9.17) is 14.6 Å². The lowest BCUT2D eigenvalue weighted by atomic mass is 10.2. The van der Waals surface area contributed by atoms with Crippen LogP contribution in [0, 0.1) is 0 Å². The molecule has 0 atom stereocenters. The summed E-state index contributed by atoms with van der Waals surface area (Å²) >= 11 is 0. The van der Waals surface area contributed by atoms with Crippen LogP contribution in [0.15, 0.2) is 78.9 Å². The number of ether oxygens (including phenoxy) is 2. The molecule has 0 bridgehead atoms. The molecule has 0 radical (unpaired) electrons. The van der Waals surface area contributed by atoms with Gasteiger partial charge in [-0.3, -0.25) is 0 Å². The van der Waals surface area contributed by atoms with Crippen LogP contribution in [0.25, 0.3) is 0 Å². The van der Waals surface area contributed by atoms with Gasteiger partial charge in [-0.1, -0.05) is 36.4 Å². The van der Waals surface area contributed by atoms with Crippen molar-refractivity contribution in [3.8, 4) is 17.2 Å². The van der Waals surface area contributed by atoms with E-state index in [0.717, 1.165) is 5.56 Å². The highest BCUT2D eigenvalue weighted by Crippen LogP contribution is 2.26. The molecule has 24 heavy (non-hydrogen) atoms. The van der Waals surface area contributed by atoms with E-state index in [1.165, 1.54) is 12.1 Å². The first-order chi connectivity index (χ1) is 11.7. The molecule has 0 heterocycles. The fourth-order valence-corrected chi connectivity index (χ4v) is 2.17. The minimum atomic E-state index is -0.960. The van der Waals surface area contributed by atoms with Crippen LogP contribution in [-0.4, -0.2) is 11.1 Å². The monoisotopic (exact) mass is 320 g/mol. The van der Waals surface area contributed by atoms with Crippen molar-refractivity contribution in [2.75, 3.05) is 0 Å². The van der Waals surface area contributed by atoms with Gasteiger partial charge in [0.25, 0.3) is 0 Å². The van der Waals surface area contributed by atoms with E-state index in [9.17, 15) is 4.79 Å². The molecule has 3 aromatic rings. The summed E-state index contributed by atoms with van der Waals surface area (Å²) in [7, 11) is 0. The summed E-state index contributed by atoms with van der Waals surface area (Å²) in [4.78, 5) is 10.8. The Morgan fingerprint density at radius 3 is 2.21 bits per heavy atom. The highest BCUT2D eigenvalue weighted by molar-refractivity contribution is 5.87. The number of carbonyl (C=O) groups is 1. The summed E-state index contributed by atoms with van der Waals surface area (Å²) in [5.74, 6) is 0.945. The fourth-order valence-electron chi connectivity index (χ4n) is 2.17. The van der Waals surface area contributed by atoms with Crippen LogP contribution < -0.4 is 9.47 Å². The van der Waals surface area contributed by atoms with Crippen molar-refractivity contribution in [1.29, 1.82) is 0 Å². The molecule has 0 fully saturated rings. The summed E-state index contributed by atoms with van der Waals surface area (Å²) in [6.45, 7) is 0.484. The smallest absolute Gasteiger partial charge is 0.335 e. The predicted molar refractivity (Wildman–Crippen MR) is 90.7 cm³/mol. The Bertz CT molecular complexity index is 811. The molecule has 0 aliphatic carbocycles. The molecule has 0 saturated carbocycles. The van der Waals surface area contributed by atoms with Crippen molar-refractivity contribution < 1.29 is 19.4 Å². The Morgan fingerprint density at radius 1 is 0.792 bits per heavy atom. The van der Waals surface area contributed by atoms with Gasteiger partial charge in [0.05, 0.1) is 5.56 Å². The fraction of sp³-hybridized carbons (Fsp3) is 0.0500. The van der Waals surface area contributed by atoms with Crippen molar-refractivity contribution in [3.05, 3.63) is 90.0 Å². The van der Waals surface area contributed by atoms with Crippen LogP contribution in [-0.2, 0) is 6.61 Å². The van der Waals surface area contributed by atoms with E-state index in [-0.39, 0.29) is 5.56 Å². The zero-order valence-electron chi connectivity index (χ0n) is 12.9. The van der Waals surface area contributed by atoms with E-state index in [1.54, 1.807) is 18.2 Å². The van der Waals surface area contributed by atoms with Crippen molar-refractivity contribution in [2.24, 2.45) is 0 Å². The molecule has 0 aromatic heterocycles. The van der Waals surface area contributed by atoms with Gasteiger partial charge in [0.2, 0.25) is 0 Å². The lowest BCUT2D eigenvalue weighted by Crippen LogP contribution is -1.96. The van der Waals surface area contributed by atoms with Crippen LogP contribution in [0.2, 0.25) is 0 Å². The highest BCUT2D eigenvalue weighted by Gasteiger charge is 2.04. The van der Waals surface area contributed by atoms with E-state index >= 15 is 0 Å². The summed E-state index contributed by atoms with van der Waals surface area (Å²) in [6, 6.07) is 23.5. The lowest BCUT2D eigenvalue weighted by molar-refractivity contribution is 0.0697. The topological polar surface area (TPSA) is 55.8 Å². The van der Waals surface area contributed by atoms with Crippen LogP contribution in [0.1, 0.15) is 15.9 Å². The van der Waals surface area contributed by atoms with E-state index in [0.29, 0.717) is 23.9 Å². The molecule has 4 heteroatoms. The minimum Gasteiger partial charge on any atom is -0.489 e. The van der Waals surface area contributed by atoms with Gasteiger partial charge in [-0.25, -0.2) is 4.79 Å². The summed E-state index contributed by atoms with van der Waals surface area (Å²) in [5.41, 5.74) is 1.32. The predicted octanol–water partition coefficient (Wildman–Crippen LogP) is 4.76. The minimum absolute atomic E-state index is 0.224. The first-order valence-electron chi connectivity index (χ1n) is 7.49. The zero-order valence-corrected chi connectivity index (χ0v) is 12.9. The maximum Gasteiger partial charge on any atom is 0.335 e. The van der Waals surface area contributed by atoms with Gasteiger partial charge in [0, 0.05) is 6.07 Å². The number of carboxylic acid groups (broad SMARTS) is 1. The number of aromatic carboxylic acids is 1. The molecule has 0 amide bonds. The van der Waals surface area contributed by atoms with Crippen LogP contribution in [0.5, 0.6) is 17.2 Å². The molecular formula is C20H16O4. The van der Waals surface area contributed by atoms with Crippen molar-refractivity contribution >= 4 is 5.97 Å². The molecule has 3 rings (SSSR count). The van der Waals surface area contributed by atoms with Gasteiger partial charge in [-0.05, 0) is 42.0 Å². The summed E-state index contributed by atoms with van der Waals surface area (Å²) in [6.07, 6.45) is 0. The Kier molecular flexibility index (Phi) is 4.77. The second kappa shape index (κ2) is 7.33. The third-order valence-corrected chi connectivity index (χ3v) is 3.39. The third kappa shape index (κ3) is 4.14. The number of carboxylic acids is 1. The van der Waals surface area contributed by atoms with Gasteiger partial charge < -0.3 is 14.6 Å².